The highest BCUT2D eigenvalue weighted by molar-refractivity contribution is 6.30. The van der Waals surface area contributed by atoms with Crippen LogP contribution in [0.1, 0.15) is 5.56 Å². The van der Waals surface area contributed by atoms with Crippen molar-refractivity contribution in [3.8, 4) is 11.6 Å². The van der Waals surface area contributed by atoms with Gasteiger partial charge < -0.3 is 15.0 Å². The summed E-state index contributed by atoms with van der Waals surface area (Å²) in [5.41, 5.74) is 5.89. The molecule has 0 saturated heterocycles. The van der Waals surface area contributed by atoms with Crippen LogP contribution in [-0.2, 0) is 13.1 Å². The minimum Gasteiger partial charge on any atom is -0.436 e. The van der Waals surface area contributed by atoms with E-state index >= 15 is 0 Å². The highest BCUT2D eigenvalue weighted by Gasteiger charge is 2.10. The number of hydrogen-bond donors (Lipinski definition) is 2. The minimum absolute atomic E-state index is 0.0865. The molecule has 0 saturated carbocycles. The van der Waals surface area contributed by atoms with Crippen molar-refractivity contribution in [1.29, 1.82) is 0 Å². The first-order chi connectivity index (χ1) is 15.5. The summed E-state index contributed by atoms with van der Waals surface area (Å²) in [4.78, 5) is 32.6. The molecule has 0 aliphatic rings. The van der Waals surface area contributed by atoms with Crippen LogP contribution in [-0.4, -0.2) is 25.8 Å². The third-order valence-electron chi connectivity index (χ3n) is 4.50. The Morgan fingerprint density at radius 3 is 2.47 bits per heavy atom. The summed E-state index contributed by atoms with van der Waals surface area (Å²) in [7, 11) is 0. The molecule has 0 radical (unpaired) electrons. The summed E-state index contributed by atoms with van der Waals surface area (Å²) in [6, 6.07) is 15.4. The monoisotopic (exact) mass is 454 g/mol. The number of nitrogens with zero attached hydrogens (tertiary/aromatic N) is 4. The molecule has 0 aliphatic heterocycles. The Morgan fingerprint density at radius 1 is 1.06 bits per heavy atom. The predicted octanol–water partition coefficient (Wildman–Crippen LogP) is 2.01. The number of rotatable bonds is 7. The number of nitrogens with one attached hydrogen (secondary N) is 1. The molecule has 10 nitrogen and oxygen atoms in total. The van der Waals surface area contributed by atoms with Gasteiger partial charge in [-0.15, -0.1) is 0 Å². The maximum Gasteiger partial charge on any atom is 0.335 e. The van der Waals surface area contributed by atoms with Gasteiger partial charge in [0.2, 0.25) is 5.62 Å². The molecular formula is C21H19ClN6O4. The molecule has 32 heavy (non-hydrogen) atoms. The van der Waals surface area contributed by atoms with Crippen molar-refractivity contribution in [3.63, 3.8) is 0 Å². The first kappa shape index (κ1) is 21.3. The van der Waals surface area contributed by atoms with Gasteiger partial charge in [0.1, 0.15) is 12.0 Å². The van der Waals surface area contributed by atoms with Gasteiger partial charge >= 0.3 is 11.4 Å². The Bertz CT molecular complexity index is 1370. The molecule has 3 N–H and O–H groups in total. The number of aromatic amines is 1. The van der Waals surface area contributed by atoms with Crippen LogP contribution in [0.15, 0.2) is 80.0 Å². The van der Waals surface area contributed by atoms with E-state index in [1.54, 1.807) is 54.6 Å². The molecule has 4 aromatic rings. The number of ether oxygens (including phenoxy) is 1. The lowest BCUT2D eigenvalue weighted by Gasteiger charge is -2.10. The number of halogens is 1. The number of aromatic nitrogens is 4. The fourth-order valence-corrected chi connectivity index (χ4v) is 3.10. The zero-order chi connectivity index (χ0) is 22.5. The van der Waals surface area contributed by atoms with Gasteiger partial charge in [0.15, 0.2) is 0 Å². The van der Waals surface area contributed by atoms with E-state index in [-0.39, 0.29) is 25.3 Å². The molecule has 0 aliphatic carbocycles. The van der Waals surface area contributed by atoms with Crippen LogP contribution in [0.5, 0.6) is 11.6 Å². The molecule has 11 heteroatoms. The van der Waals surface area contributed by atoms with Crippen molar-refractivity contribution in [1.82, 2.24) is 19.3 Å². The van der Waals surface area contributed by atoms with E-state index in [0.29, 0.717) is 22.3 Å². The molecule has 0 amide bonds. The van der Waals surface area contributed by atoms with Crippen molar-refractivity contribution in [2.45, 2.75) is 13.1 Å². The molecule has 0 spiro atoms. The lowest BCUT2D eigenvalue weighted by Crippen LogP contribution is -2.50. The standard InChI is InChI=1S/C21H19ClN6O4/c22-15-3-1-14(2-4-15)13-28-19(25-20(29)27(11-10-23)21(28)30)24-16-5-7-17(8-6-16)32-18-9-12-31-26-18/h1-9,12H,10-11,13,23H2,(H,24,25,29). The van der Waals surface area contributed by atoms with E-state index in [1.165, 1.54) is 10.8 Å². The summed E-state index contributed by atoms with van der Waals surface area (Å²) < 4.78 is 12.7. The maximum absolute atomic E-state index is 13.0. The van der Waals surface area contributed by atoms with E-state index in [4.69, 9.17) is 26.6 Å². The number of nitrogens with two attached hydrogens (primary N) is 1. The molecular weight excluding hydrogens is 436 g/mol. The largest absolute Gasteiger partial charge is 0.436 e. The van der Waals surface area contributed by atoms with E-state index in [9.17, 15) is 9.59 Å². The predicted molar refractivity (Wildman–Crippen MR) is 117 cm³/mol. The normalized spacial score (nSPS) is 11.6. The lowest BCUT2D eigenvalue weighted by molar-refractivity contribution is 0.367. The molecule has 2 heterocycles. The van der Waals surface area contributed by atoms with E-state index in [2.05, 4.69) is 15.1 Å². The van der Waals surface area contributed by atoms with Gasteiger partial charge in [0, 0.05) is 24.2 Å². The maximum atomic E-state index is 13.0. The first-order valence-electron chi connectivity index (χ1n) is 9.65. The van der Waals surface area contributed by atoms with Crippen molar-refractivity contribution < 1.29 is 9.26 Å². The summed E-state index contributed by atoms with van der Waals surface area (Å²) in [6.07, 6.45) is 1.40. The van der Waals surface area contributed by atoms with E-state index < -0.39 is 11.4 Å². The van der Waals surface area contributed by atoms with Gasteiger partial charge in [-0.2, -0.15) is 0 Å². The average molecular weight is 455 g/mol. The summed E-state index contributed by atoms with van der Waals surface area (Å²) in [5.74, 6) is 0.849. The second-order valence-corrected chi connectivity index (χ2v) is 7.17. The van der Waals surface area contributed by atoms with Crippen molar-refractivity contribution in [3.05, 3.63) is 98.0 Å². The van der Waals surface area contributed by atoms with Crippen molar-refractivity contribution in [2.75, 3.05) is 6.54 Å². The van der Waals surface area contributed by atoms with Gasteiger partial charge in [-0.1, -0.05) is 23.7 Å². The van der Waals surface area contributed by atoms with Crippen LogP contribution in [0.2, 0.25) is 5.02 Å². The molecule has 0 fully saturated rings. The van der Waals surface area contributed by atoms with Gasteiger partial charge in [0.05, 0.1) is 12.2 Å². The van der Waals surface area contributed by atoms with Crippen molar-refractivity contribution >= 4 is 17.3 Å². The second kappa shape index (κ2) is 9.50. The number of hydrogen-bond acceptors (Lipinski definition) is 7. The SMILES string of the molecule is NCCn1c(=O)[nH]/c(=N\c2ccc(Oc3ccon3)cc2)n(Cc2ccc(Cl)cc2)c1=O. The third-order valence-corrected chi connectivity index (χ3v) is 4.75. The van der Waals surface area contributed by atoms with Crippen LogP contribution < -0.4 is 27.5 Å². The molecule has 2 aromatic heterocycles. The summed E-state index contributed by atoms with van der Waals surface area (Å²) >= 11 is 5.96. The number of benzene rings is 2. The van der Waals surface area contributed by atoms with Crippen LogP contribution in [0.4, 0.5) is 5.69 Å². The van der Waals surface area contributed by atoms with E-state index in [0.717, 1.165) is 10.1 Å². The molecule has 164 valence electrons. The van der Waals surface area contributed by atoms with Gasteiger partial charge in [-0.25, -0.2) is 19.1 Å². The van der Waals surface area contributed by atoms with Crippen LogP contribution in [0, 0.1) is 0 Å². The number of H-pyrrole nitrogens is 1. The zero-order valence-corrected chi connectivity index (χ0v) is 17.5. The van der Waals surface area contributed by atoms with Crippen molar-refractivity contribution in [2.24, 2.45) is 10.7 Å². The Labute approximate surface area is 186 Å². The Morgan fingerprint density at radius 2 is 1.81 bits per heavy atom. The molecule has 4 rings (SSSR count). The van der Waals surface area contributed by atoms with Crippen LogP contribution in [0.25, 0.3) is 0 Å². The van der Waals surface area contributed by atoms with Gasteiger partial charge in [0.25, 0.3) is 5.88 Å². The van der Waals surface area contributed by atoms with E-state index in [1.807, 2.05) is 0 Å². The zero-order valence-electron chi connectivity index (χ0n) is 16.8. The van der Waals surface area contributed by atoms with Crippen LogP contribution >= 0.6 is 11.6 Å². The molecule has 2 aromatic carbocycles. The lowest BCUT2D eigenvalue weighted by atomic mass is 10.2. The Hall–Kier alpha value is -3.89. The second-order valence-electron chi connectivity index (χ2n) is 6.73. The minimum atomic E-state index is -0.586. The molecule has 0 unspecified atom stereocenters. The Balaban J connectivity index is 1.74. The topological polar surface area (TPSA) is 133 Å². The first-order valence-corrected chi connectivity index (χ1v) is 10.0. The fraction of sp³-hybridized carbons (Fsp3) is 0.143. The Kier molecular flexibility index (Phi) is 6.34. The average Bonchev–Trinajstić information content (AvgIpc) is 3.30. The molecule has 0 atom stereocenters. The quantitative estimate of drug-likeness (QED) is 0.438. The molecule has 0 bridgehead atoms. The summed E-state index contributed by atoms with van der Waals surface area (Å²) in [6.45, 7) is 0.417. The smallest absolute Gasteiger partial charge is 0.335 e. The fourth-order valence-electron chi connectivity index (χ4n) is 2.97. The highest BCUT2D eigenvalue weighted by atomic mass is 35.5. The third kappa shape index (κ3) is 4.88. The summed E-state index contributed by atoms with van der Waals surface area (Å²) in [5, 5.41) is 4.27. The highest BCUT2D eigenvalue weighted by Crippen LogP contribution is 2.22. The van der Waals surface area contributed by atoms with Gasteiger partial charge in [-0.3, -0.25) is 9.55 Å². The van der Waals surface area contributed by atoms with Crippen LogP contribution in [0.3, 0.4) is 0 Å². The van der Waals surface area contributed by atoms with Gasteiger partial charge in [-0.05, 0) is 47.1 Å².